The normalized spacial score (nSPS) is 11.3. The molecule has 1 aromatic carbocycles. The molecule has 1 aromatic heterocycles. The number of halogens is 4. The highest BCUT2D eigenvalue weighted by molar-refractivity contribution is 5.63. The Labute approximate surface area is 99.1 Å². The Balaban J connectivity index is 2.29. The SMILES string of the molecule is Fc1ncc(-c2cccc(OC(F)(F)F)c2)cn1. The maximum atomic E-state index is 12.5. The molecule has 0 aliphatic heterocycles. The van der Waals surface area contributed by atoms with Crippen LogP contribution in [0.5, 0.6) is 5.75 Å². The van der Waals surface area contributed by atoms with Gasteiger partial charge in [-0.05, 0) is 17.7 Å². The average Bonchev–Trinajstić information content (AvgIpc) is 2.28. The van der Waals surface area contributed by atoms with Gasteiger partial charge >= 0.3 is 12.4 Å². The summed E-state index contributed by atoms with van der Waals surface area (Å²) in [5, 5.41) is 0. The lowest BCUT2D eigenvalue weighted by atomic mass is 10.1. The molecule has 2 rings (SSSR count). The molecule has 0 fully saturated rings. The van der Waals surface area contributed by atoms with Crippen molar-refractivity contribution in [1.29, 1.82) is 0 Å². The summed E-state index contributed by atoms with van der Waals surface area (Å²) in [6, 6.07) is 5.27. The van der Waals surface area contributed by atoms with E-state index in [2.05, 4.69) is 14.7 Å². The van der Waals surface area contributed by atoms with Crippen LogP contribution in [0.1, 0.15) is 0 Å². The van der Waals surface area contributed by atoms with Crippen molar-refractivity contribution in [2.45, 2.75) is 6.36 Å². The number of hydrogen-bond acceptors (Lipinski definition) is 3. The van der Waals surface area contributed by atoms with Gasteiger partial charge in [0.15, 0.2) is 0 Å². The van der Waals surface area contributed by atoms with E-state index in [1.807, 2.05) is 0 Å². The Morgan fingerprint density at radius 1 is 1.00 bits per heavy atom. The maximum absolute atomic E-state index is 12.5. The summed E-state index contributed by atoms with van der Waals surface area (Å²) in [6.07, 6.45) is -3.30. The number of aromatic nitrogens is 2. The zero-order chi connectivity index (χ0) is 13.2. The highest BCUT2D eigenvalue weighted by atomic mass is 19.4. The standard InChI is InChI=1S/C11H6F4N2O/c12-10-16-5-8(6-17-10)7-2-1-3-9(4-7)18-11(13,14)15/h1-6H. The molecule has 0 radical (unpaired) electrons. The van der Waals surface area contributed by atoms with E-state index in [4.69, 9.17) is 0 Å². The highest BCUT2D eigenvalue weighted by Gasteiger charge is 2.31. The fourth-order valence-corrected chi connectivity index (χ4v) is 1.33. The summed E-state index contributed by atoms with van der Waals surface area (Å²) >= 11 is 0. The van der Waals surface area contributed by atoms with Crippen LogP contribution in [0.2, 0.25) is 0 Å². The maximum Gasteiger partial charge on any atom is 0.573 e. The van der Waals surface area contributed by atoms with E-state index in [1.165, 1.54) is 30.6 Å². The quantitative estimate of drug-likeness (QED) is 0.613. The van der Waals surface area contributed by atoms with Crippen molar-refractivity contribution in [3.8, 4) is 16.9 Å². The summed E-state index contributed by atoms with van der Waals surface area (Å²) in [7, 11) is 0. The van der Waals surface area contributed by atoms with Crippen LogP contribution >= 0.6 is 0 Å². The van der Waals surface area contributed by atoms with Crippen LogP contribution < -0.4 is 4.74 Å². The minimum Gasteiger partial charge on any atom is -0.406 e. The minimum absolute atomic E-state index is 0.357. The largest absolute Gasteiger partial charge is 0.573 e. The van der Waals surface area contributed by atoms with E-state index < -0.39 is 12.4 Å². The van der Waals surface area contributed by atoms with Gasteiger partial charge in [0.1, 0.15) is 5.75 Å². The van der Waals surface area contributed by atoms with Gasteiger partial charge in [-0.15, -0.1) is 13.2 Å². The molecule has 0 atom stereocenters. The molecule has 94 valence electrons. The monoisotopic (exact) mass is 258 g/mol. The third kappa shape index (κ3) is 3.16. The molecule has 0 saturated carbocycles. The van der Waals surface area contributed by atoms with Crippen molar-refractivity contribution in [1.82, 2.24) is 9.97 Å². The topological polar surface area (TPSA) is 35.0 Å². The molecule has 0 aliphatic carbocycles. The van der Waals surface area contributed by atoms with Crippen molar-refractivity contribution >= 4 is 0 Å². The molecule has 2 aromatic rings. The first-order chi connectivity index (χ1) is 8.44. The second-order valence-corrected chi connectivity index (χ2v) is 3.32. The first kappa shape index (κ1) is 12.3. The molecule has 0 unspecified atom stereocenters. The summed E-state index contributed by atoms with van der Waals surface area (Å²) in [5.41, 5.74) is 0.792. The molecular weight excluding hydrogens is 252 g/mol. The van der Waals surface area contributed by atoms with E-state index in [0.29, 0.717) is 11.1 Å². The van der Waals surface area contributed by atoms with E-state index >= 15 is 0 Å². The lowest BCUT2D eigenvalue weighted by Crippen LogP contribution is -2.17. The van der Waals surface area contributed by atoms with E-state index in [9.17, 15) is 17.6 Å². The second-order valence-electron chi connectivity index (χ2n) is 3.32. The Hall–Kier alpha value is -2.18. The first-order valence-electron chi connectivity index (χ1n) is 4.78. The molecular formula is C11H6F4N2O. The predicted octanol–water partition coefficient (Wildman–Crippen LogP) is 3.18. The van der Waals surface area contributed by atoms with Crippen LogP contribution in [0, 0.1) is 6.08 Å². The molecule has 0 N–H and O–H groups in total. The highest BCUT2D eigenvalue weighted by Crippen LogP contribution is 2.27. The summed E-state index contributed by atoms with van der Waals surface area (Å²) in [4.78, 5) is 6.64. The zero-order valence-electron chi connectivity index (χ0n) is 8.78. The van der Waals surface area contributed by atoms with Gasteiger partial charge in [0, 0.05) is 18.0 Å². The first-order valence-corrected chi connectivity index (χ1v) is 4.78. The molecule has 3 nitrogen and oxygen atoms in total. The summed E-state index contributed by atoms with van der Waals surface area (Å²) < 4.78 is 52.4. The van der Waals surface area contributed by atoms with Crippen LogP contribution in [-0.2, 0) is 0 Å². The Bertz CT molecular complexity index is 539. The van der Waals surface area contributed by atoms with Gasteiger partial charge in [0.2, 0.25) is 0 Å². The van der Waals surface area contributed by atoms with Gasteiger partial charge in [-0.2, -0.15) is 4.39 Å². The van der Waals surface area contributed by atoms with E-state index in [0.717, 1.165) is 0 Å². The lowest BCUT2D eigenvalue weighted by molar-refractivity contribution is -0.274. The molecule has 18 heavy (non-hydrogen) atoms. The Kier molecular flexibility index (Phi) is 3.14. The Morgan fingerprint density at radius 3 is 2.28 bits per heavy atom. The lowest BCUT2D eigenvalue weighted by Gasteiger charge is -2.09. The molecule has 0 saturated heterocycles. The molecule has 0 bridgehead atoms. The predicted molar refractivity (Wildman–Crippen MR) is 54.1 cm³/mol. The van der Waals surface area contributed by atoms with Crippen LogP contribution in [-0.4, -0.2) is 16.3 Å². The van der Waals surface area contributed by atoms with Crippen LogP contribution in [0.3, 0.4) is 0 Å². The third-order valence-corrected chi connectivity index (χ3v) is 2.02. The van der Waals surface area contributed by atoms with Crippen LogP contribution in [0.25, 0.3) is 11.1 Å². The Morgan fingerprint density at radius 2 is 1.67 bits per heavy atom. The fraction of sp³-hybridized carbons (Fsp3) is 0.0909. The van der Waals surface area contributed by atoms with Gasteiger partial charge in [0.25, 0.3) is 0 Å². The molecule has 0 aliphatic rings. The van der Waals surface area contributed by atoms with Crippen molar-refractivity contribution in [2.75, 3.05) is 0 Å². The smallest absolute Gasteiger partial charge is 0.406 e. The zero-order valence-corrected chi connectivity index (χ0v) is 8.78. The second kappa shape index (κ2) is 4.59. The summed E-state index contributed by atoms with van der Waals surface area (Å²) in [5.74, 6) is -0.357. The van der Waals surface area contributed by atoms with Gasteiger partial charge < -0.3 is 4.74 Å². The third-order valence-electron chi connectivity index (χ3n) is 2.02. The fourth-order valence-electron chi connectivity index (χ4n) is 1.33. The summed E-state index contributed by atoms with van der Waals surface area (Å²) in [6.45, 7) is 0. The molecule has 0 amide bonds. The van der Waals surface area contributed by atoms with Gasteiger partial charge in [-0.3, -0.25) is 0 Å². The van der Waals surface area contributed by atoms with Gasteiger partial charge in [0.05, 0.1) is 0 Å². The van der Waals surface area contributed by atoms with Gasteiger partial charge in [-0.25, -0.2) is 9.97 Å². The number of ether oxygens (including phenoxy) is 1. The molecule has 7 heteroatoms. The molecule has 0 spiro atoms. The minimum atomic E-state index is -4.75. The number of hydrogen-bond donors (Lipinski definition) is 0. The average molecular weight is 258 g/mol. The van der Waals surface area contributed by atoms with E-state index in [1.54, 1.807) is 6.07 Å². The van der Waals surface area contributed by atoms with E-state index in [-0.39, 0.29) is 5.75 Å². The number of alkyl halides is 3. The van der Waals surface area contributed by atoms with Crippen LogP contribution in [0.15, 0.2) is 36.7 Å². The number of benzene rings is 1. The number of nitrogens with zero attached hydrogens (tertiary/aromatic N) is 2. The molecule has 1 heterocycles. The van der Waals surface area contributed by atoms with Crippen molar-refractivity contribution in [3.63, 3.8) is 0 Å². The van der Waals surface area contributed by atoms with Crippen LogP contribution in [0.4, 0.5) is 17.6 Å². The van der Waals surface area contributed by atoms with Crippen molar-refractivity contribution in [3.05, 3.63) is 42.7 Å². The van der Waals surface area contributed by atoms with Gasteiger partial charge in [-0.1, -0.05) is 12.1 Å². The number of rotatable bonds is 2. The van der Waals surface area contributed by atoms with Crippen molar-refractivity contribution in [2.24, 2.45) is 0 Å². The van der Waals surface area contributed by atoms with Crippen molar-refractivity contribution < 1.29 is 22.3 Å².